The van der Waals surface area contributed by atoms with E-state index in [0.717, 1.165) is 46.6 Å². The van der Waals surface area contributed by atoms with Gasteiger partial charge in [0.15, 0.2) is 11.0 Å². The lowest BCUT2D eigenvalue weighted by molar-refractivity contribution is -0.113. The highest BCUT2D eigenvalue weighted by Gasteiger charge is 2.29. The second kappa shape index (κ2) is 12.6. The fourth-order valence-corrected chi connectivity index (χ4v) is 6.60. The summed E-state index contributed by atoms with van der Waals surface area (Å²) in [7, 11) is 0. The SMILES string of the molecule is C=CCn1c(COc2cccc(C)c2C)nnc1SCC(=O)Nc1sc2c(c1C(=O)OCC)CCC(C)C2. The van der Waals surface area contributed by atoms with Crippen LogP contribution in [0.25, 0.3) is 0 Å². The number of anilines is 1. The minimum absolute atomic E-state index is 0.119. The molecule has 1 N–H and O–H groups in total. The molecule has 1 aliphatic rings. The number of rotatable bonds is 11. The number of fused-ring (bicyclic) bond motifs is 1. The fourth-order valence-electron chi connectivity index (χ4n) is 4.42. The third-order valence-corrected chi connectivity index (χ3v) is 8.73. The molecule has 1 amide bonds. The lowest BCUT2D eigenvalue weighted by Crippen LogP contribution is -2.18. The van der Waals surface area contributed by atoms with Crippen LogP contribution in [0.5, 0.6) is 5.75 Å². The summed E-state index contributed by atoms with van der Waals surface area (Å²) in [5.41, 5.74) is 3.77. The number of carbonyl (C=O) groups is 2. The van der Waals surface area contributed by atoms with E-state index in [1.54, 1.807) is 13.0 Å². The Kier molecular flexibility index (Phi) is 9.27. The summed E-state index contributed by atoms with van der Waals surface area (Å²) in [4.78, 5) is 26.9. The van der Waals surface area contributed by atoms with Gasteiger partial charge in [-0.05, 0) is 68.7 Å². The minimum atomic E-state index is -0.373. The number of allylic oxidation sites excluding steroid dienone is 1. The molecule has 3 aromatic rings. The van der Waals surface area contributed by atoms with Gasteiger partial charge in [0.1, 0.15) is 17.4 Å². The first-order valence-corrected chi connectivity index (χ1v) is 14.6. The number of ether oxygens (including phenoxy) is 2. The quantitative estimate of drug-likeness (QED) is 0.183. The zero-order valence-corrected chi connectivity index (χ0v) is 24.0. The third-order valence-electron chi connectivity index (χ3n) is 6.59. The summed E-state index contributed by atoms with van der Waals surface area (Å²) in [6.45, 7) is 12.9. The van der Waals surface area contributed by atoms with Crippen molar-refractivity contribution in [3.8, 4) is 5.75 Å². The minimum Gasteiger partial charge on any atom is -0.485 e. The molecular weight excluding hydrogens is 520 g/mol. The highest BCUT2D eigenvalue weighted by atomic mass is 32.2. The van der Waals surface area contributed by atoms with Crippen LogP contribution in [-0.4, -0.2) is 39.0 Å². The van der Waals surface area contributed by atoms with Crippen LogP contribution in [-0.2, 0) is 35.5 Å². The average molecular weight is 555 g/mol. The van der Waals surface area contributed by atoms with Crippen LogP contribution in [0, 0.1) is 19.8 Å². The molecule has 0 saturated carbocycles. The summed E-state index contributed by atoms with van der Waals surface area (Å²) in [6.07, 6.45) is 4.52. The van der Waals surface area contributed by atoms with Crippen molar-refractivity contribution in [2.24, 2.45) is 5.92 Å². The molecule has 8 nitrogen and oxygen atoms in total. The van der Waals surface area contributed by atoms with Gasteiger partial charge < -0.3 is 14.8 Å². The molecule has 0 saturated heterocycles. The number of hydrogen-bond donors (Lipinski definition) is 1. The summed E-state index contributed by atoms with van der Waals surface area (Å²) in [6, 6.07) is 5.94. The molecule has 2 heterocycles. The number of benzene rings is 1. The van der Waals surface area contributed by atoms with Gasteiger partial charge >= 0.3 is 5.97 Å². The molecule has 2 aromatic heterocycles. The summed E-state index contributed by atoms with van der Waals surface area (Å²) >= 11 is 2.77. The predicted octanol–water partition coefficient (Wildman–Crippen LogP) is 5.75. The Hall–Kier alpha value is -3.11. The number of thioether (sulfide) groups is 1. The fraction of sp³-hybridized carbons (Fsp3) is 0.429. The van der Waals surface area contributed by atoms with Gasteiger partial charge in [0.05, 0.1) is 17.9 Å². The van der Waals surface area contributed by atoms with E-state index < -0.39 is 0 Å². The van der Waals surface area contributed by atoms with Gasteiger partial charge in [0.25, 0.3) is 0 Å². The van der Waals surface area contributed by atoms with Crippen LogP contribution in [0.2, 0.25) is 0 Å². The van der Waals surface area contributed by atoms with Gasteiger partial charge in [-0.25, -0.2) is 4.79 Å². The number of aromatic nitrogens is 3. The molecule has 1 aliphatic carbocycles. The van der Waals surface area contributed by atoms with Crippen molar-refractivity contribution < 1.29 is 19.1 Å². The summed E-state index contributed by atoms with van der Waals surface area (Å²) in [5, 5.41) is 12.7. The molecule has 4 rings (SSSR count). The van der Waals surface area contributed by atoms with Crippen molar-refractivity contribution in [3.05, 3.63) is 63.8 Å². The summed E-state index contributed by atoms with van der Waals surface area (Å²) < 4.78 is 13.2. The molecule has 0 bridgehead atoms. The Bertz CT molecular complexity index is 1330. The van der Waals surface area contributed by atoms with Crippen LogP contribution in [0.15, 0.2) is 36.0 Å². The van der Waals surface area contributed by atoms with Gasteiger partial charge in [-0.1, -0.05) is 36.9 Å². The van der Waals surface area contributed by atoms with Crippen LogP contribution in [0.4, 0.5) is 5.00 Å². The zero-order chi connectivity index (χ0) is 27.2. The second-order valence-corrected chi connectivity index (χ2v) is 11.4. The molecule has 0 aliphatic heterocycles. The van der Waals surface area contributed by atoms with Crippen LogP contribution < -0.4 is 10.1 Å². The van der Waals surface area contributed by atoms with Crippen molar-refractivity contribution in [3.63, 3.8) is 0 Å². The molecule has 10 heteroatoms. The maximum atomic E-state index is 13.0. The molecule has 38 heavy (non-hydrogen) atoms. The Morgan fingerprint density at radius 3 is 2.89 bits per heavy atom. The lowest BCUT2D eigenvalue weighted by atomic mass is 9.88. The van der Waals surface area contributed by atoms with Crippen molar-refractivity contribution in [2.75, 3.05) is 17.7 Å². The van der Waals surface area contributed by atoms with Crippen molar-refractivity contribution in [1.29, 1.82) is 0 Å². The number of nitrogens with one attached hydrogen (secondary N) is 1. The zero-order valence-electron chi connectivity index (χ0n) is 22.3. The van der Waals surface area contributed by atoms with Gasteiger partial charge in [-0.3, -0.25) is 9.36 Å². The normalized spacial score (nSPS) is 14.6. The smallest absolute Gasteiger partial charge is 0.341 e. The van der Waals surface area contributed by atoms with Crippen molar-refractivity contribution >= 4 is 40.0 Å². The molecule has 0 radical (unpaired) electrons. The van der Waals surface area contributed by atoms with Gasteiger partial charge in [-0.15, -0.1) is 28.1 Å². The van der Waals surface area contributed by atoms with Crippen LogP contribution in [0.1, 0.15) is 58.0 Å². The first kappa shape index (κ1) is 27.9. The standard InChI is InChI=1S/C28H34N4O4S2/c1-6-13-32-23(15-36-21-10-8-9-18(4)19(21)5)30-31-28(32)37-16-24(33)29-26-25(27(34)35-7-2)20-12-11-17(3)14-22(20)38-26/h6,8-10,17H,1,7,11-16H2,2-5H3,(H,29,33). The Balaban J connectivity index is 1.44. The van der Waals surface area contributed by atoms with Crippen molar-refractivity contribution in [1.82, 2.24) is 14.8 Å². The molecule has 1 unspecified atom stereocenters. The monoisotopic (exact) mass is 554 g/mol. The third kappa shape index (κ3) is 6.30. The largest absolute Gasteiger partial charge is 0.485 e. The van der Waals surface area contributed by atoms with Crippen molar-refractivity contribution in [2.45, 2.75) is 65.3 Å². The van der Waals surface area contributed by atoms with Gasteiger partial charge in [-0.2, -0.15) is 0 Å². The number of thiophene rings is 1. The van der Waals surface area contributed by atoms with E-state index in [2.05, 4.69) is 29.0 Å². The summed E-state index contributed by atoms with van der Waals surface area (Å²) in [5.74, 6) is 1.54. The maximum absolute atomic E-state index is 13.0. The first-order valence-electron chi connectivity index (χ1n) is 12.8. The first-order chi connectivity index (χ1) is 18.3. The number of amides is 1. The van der Waals surface area contributed by atoms with Gasteiger partial charge in [0, 0.05) is 11.4 Å². The lowest BCUT2D eigenvalue weighted by Gasteiger charge is -2.18. The average Bonchev–Trinajstić information content (AvgIpc) is 3.43. The highest BCUT2D eigenvalue weighted by molar-refractivity contribution is 7.99. The molecular formula is C28H34N4O4S2. The number of nitrogens with zero attached hydrogens (tertiary/aromatic N) is 3. The molecule has 1 atom stereocenters. The Morgan fingerprint density at radius 2 is 2.13 bits per heavy atom. The van der Waals surface area contributed by atoms with E-state index in [0.29, 0.717) is 34.0 Å². The topological polar surface area (TPSA) is 95.3 Å². The number of hydrogen-bond acceptors (Lipinski definition) is 8. The Morgan fingerprint density at radius 1 is 1.32 bits per heavy atom. The van der Waals surface area contributed by atoms with E-state index in [-0.39, 0.29) is 30.8 Å². The maximum Gasteiger partial charge on any atom is 0.341 e. The van der Waals surface area contributed by atoms with Gasteiger partial charge in [0.2, 0.25) is 5.91 Å². The Labute approximate surface area is 231 Å². The molecule has 0 spiro atoms. The number of esters is 1. The second-order valence-electron chi connectivity index (χ2n) is 9.40. The van der Waals surface area contributed by atoms with E-state index >= 15 is 0 Å². The van der Waals surface area contributed by atoms with E-state index in [9.17, 15) is 9.59 Å². The number of aryl methyl sites for hydroxylation is 1. The number of carbonyl (C=O) groups excluding carboxylic acids is 2. The van der Waals surface area contributed by atoms with E-state index in [1.165, 1.54) is 23.1 Å². The van der Waals surface area contributed by atoms with Crippen LogP contribution in [0.3, 0.4) is 0 Å². The predicted molar refractivity (Wildman–Crippen MR) is 151 cm³/mol. The van der Waals surface area contributed by atoms with E-state index in [1.807, 2.05) is 36.6 Å². The molecule has 202 valence electrons. The highest BCUT2D eigenvalue weighted by Crippen LogP contribution is 2.40. The van der Waals surface area contributed by atoms with Crippen LogP contribution >= 0.6 is 23.1 Å². The molecule has 1 aromatic carbocycles. The van der Waals surface area contributed by atoms with E-state index in [4.69, 9.17) is 9.47 Å². The molecule has 0 fully saturated rings.